The predicted octanol–water partition coefficient (Wildman–Crippen LogP) is 6.13. The van der Waals surface area contributed by atoms with Gasteiger partial charge in [0.25, 0.3) is 5.91 Å². The molecule has 5 heteroatoms. The Morgan fingerprint density at radius 2 is 1.62 bits per heavy atom. The number of fused-ring (bicyclic) bond motifs is 1. The highest BCUT2D eigenvalue weighted by Gasteiger charge is 2.29. The van der Waals surface area contributed by atoms with E-state index < -0.39 is 0 Å². The number of benzene rings is 2. The molecule has 34 heavy (non-hydrogen) atoms. The third-order valence-corrected chi connectivity index (χ3v) is 6.79. The second-order valence-corrected chi connectivity index (χ2v) is 10.1. The first-order chi connectivity index (χ1) is 16.3. The topological polar surface area (TPSA) is 51.0 Å². The molecule has 0 radical (unpaired) electrons. The molecule has 3 heterocycles. The minimum atomic E-state index is 0.0750. The van der Waals surface area contributed by atoms with Crippen molar-refractivity contribution in [3.8, 4) is 16.9 Å². The van der Waals surface area contributed by atoms with E-state index in [1.807, 2.05) is 34.7 Å². The van der Waals surface area contributed by atoms with Crippen molar-refractivity contribution < 1.29 is 4.79 Å². The second kappa shape index (κ2) is 8.71. The van der Waals surface area contributed by atoms with Crippen LogP contribution >= 0.6 is 0 Å². The van der Waals surface area contributed by atoms with Gasteiger partial charge >= 0.3 is 0 Å². The lowest BCUT2D eigenvalue weighted by molar-refractivity contribution is 0.0625. The van der Waals surface area contributed by atoms with Gasteiger partial charge in [0.15, 0.2) is 5.65 Å². The highest BCUT2D eigenvalue weighted by atomic mass is 16.2. The van der Waals surface area contributed by atoms with Gasteiger partial charge in [-0.3, -0.25) is 4.79 Å². The van der Waals surface area contributed by atoms with Crippen LogP contribution in [-0.4, -0.2) is 38.7 Å². The van der Waals surface area contributed by atoms with Crippen molar-refractivity contribution in [2.45, 2.75) is 41.0 Å². The lowest BCUT2D eigenvalue weighted by Gasteiger charge is -2.35. The van der Waals surface area contributed by atoms with Crippen LogP contribution in [0.3, 0.4) is 0 Å². The number of rotatable bonds is 3. The summed E-state index contributed by atoms with van der Waals surface area (Å²) >= 11 is 0. The zero-order valence-electron chi connectivity index (χ0n) is 20.7. The molecule has 0 saturated carbocycles. The van der Waals surface area contributed by atoms with Crippen LogP contribution in [-0.2, 0) is 0 Å². The molecule has 5 nitrogen and oxygen atoms in total. The van der Waals surface area contributed by atoms with Gasteiger partial charge in [-0.15, -0.1) is 0 Å². The van der Waals surface area contributed by atoms with Crippen LogP contribution in [0.25, 0.3) is 28.0 Å². The fourth-order valence-electron chi connectivity index (χ4n) is 5.27. The highest BCUT2D eigenvalue weighted by molar-refractivity contribution is 6.07. The molecule has 0 aliphatic carbocycles. The molecule has 1 aliphatic rings. The van der Waals surface area contributed by atoms with Gasteiger partial charge in [0, 0.05) is 18.7 Å². The first-order valence-corrected chi connectivity index (χ1v) is 12.1. The van der Waals surface area contributed by atoms with Crippen LogP contribution < -0.4 is 0 Å². The Bertz CT molecular complexity index is 1360. The quantitative estimate of drug-likeness (QED) is 0.376. The number of carbonyl (C=O) groups is 1. The van der Waals surface area contributed by atoms with Crippen LogP contribution in [0, 0.1) is 32.6 Å². The maximum absolute atomic E-state index is 14.0. The van der Waals surface area contributed by atoms with Crippen molar-refractivity contribution in [3.05, 3.63) is 77.0 Å². The normalized spacial score (nSPS) is 18.4. The van der Waals surface area contributed by atoms with Gasteiger partial charge in [-0.25, -0.2) is 9.67 Å². The molecule has 2 atom stereocenters. The van der Waals surface area contributed by atoms with Gasteiger partial charge < -0.3 is 4.90 Å². The van der Waals surface area contributed by atoms with Crippen LogP contribution in [0.1, 0.15) is 47.4 Å². The molecule has 2 aromatic heterocycles. The zero-order valence-corrected chi connectivity index (χ0v) is 20.7. The summed E-state index contributed by atoms with van der Waals surface area (Å²) < 4.78 is 1.88. The number of aryl methyl sites for hydroxylation is 3. The standard InChI is InChI=1S/C29H32N4O/c1-18-9-11-23(12-10-18)26-15-25(29(34)32-16-20(3)13-21(4)17-32)27-22(5)31-33(28(27)30-26)24-8-6-7-19(2)14-24/h6-12,14-15,20-21H,13,16-17H2,1-5H3. The summed E-state index contributed by atoms with van der Waals surface area (Å²) in [6.45, 7) is 12.2. The molecule has 1 amide bonds. The maximum atomic E-state index is 14.0. The highest BCUT2D eigenvalue weighted by Crippen LogP contribution is 2.31. The summed E-state index contributed by atoms with van der Waals surface area (Å²) in [6.07, 6.45) is 1.16. The Hall–Kier alpha value is -3.47. The third kappa shape index (κ3) is 4.11. The van der Waals surface area contributed by atoms with E-state index in [4.69, 9.17) is 10.1 Å². The molecule has 0 spiro atoms. The molecule has 0 bridgehead atoms. The zero-order chi connectivity index (χ0) is 24.0. The van der Waals surface area contributed by atoms with Gasteiger partial charge in [0.2, 0.25) is 0 Å². The fourth-order valence-corrected chi connectivity index (χ4v) is 5.27. The van der Waals surface area contributed by atoms with E-state index in [1.165, 1.54) is 5.56 Å². The number of hydrogen-bond acceptors (Lipinski definition) is 3. The van der Waals surface area contributed by atoms with Crippen LogP contribution in [0.4, 0.5) is 0 Å². The maximum Gasteiger partial charge on any atom is 0.254 e. The number of amides is 1. The van der Waals surface area contributed by atoms with Crippen molar-refractivity contribution in [1.82, 2.24) is 19.7 Å². The molecule has 1 saturated heterocycles. The molecule has 5 rings (SSSR count). The minimum absolute atomic E-state index is 0.0750. The number of carbonyl (C=O) groups excluding carboxylic acids is 1. The molecular weight excluding hydrogens is 420 g/mol. The molecule has 2 unspecified atom stereocenters. The van der Waals surface area contributed by atoms with E-state index in [9.17, 15) is 4.79 Å². The molecule has 174 valence electrons. The number of pyridine rings is 1. The third-order valence-electron chi connectivity index (χ3n) is 6.79. The molecule has 2 aromatic carbocycles. The van der Waals surface area contributed by atoms with Gasteiger partial charge in [-0.2, -0.15) is 5.10 Å². The van der Waals surface area contributed by atoms with Gasteiger partial charge in [-0.05, 0) is 62.8 Å². The molecule has 0 N–H and O–H groups in total. The number of piperidine rings is 1. The average Bonchev–Trinajstić information content (AvgIpc) is 3.14. The molecule has 1 aliphatic heterocycles. The van der Waals surface area contributed by atoms with Gasteiger partial charge in [0.1, 0.15) is 0 Å². The lowest BCUT2D eigenvalue weighted by atomic mass is 9.91. The van der Waals surface area contributed by atoms with Crippen molar-refractivity contribution in [2.75, 3.05) is 13.1 Å². The SMILES string of the molecule is Cc1ccc(-c2cc(C(=O)N3CC(C)CC(C)C3)c3c(C)nn(-c4cccc(C)c4)c3n2)cc1. The number of likely N-dealkylation sites (tertiary alicyclic amines) is 1. The molecule has 4 aromatic rings. The number of aromatic nitrogens is 3. The predicted molar refractivity (Wildman–Crippen MR) is 137 cm³/mol. The van der Waals surface area contributed by atoms with E-state index in [-0.39, 0.29) is 5.91 Å². The Balaban J connectivity index is 1.73. The average molecular weight is 453 g/mol. The van der Waals surface area contributed by atoms with Crippen molar-refractivity contribution >= 4 is 16.9 Å². The van der Waals surface area contributed by atoms with Crippen LogP contribution in [0.2, 0.25) is 0 Å². The summed E-state index contributed by atoms with van der Waals surface area (Å²) in [7, 11) is 0. The summed E-state index contributed by atoms with van der Waals surface area (Å²) in [5.41, 5.74) is 7.32. The van der Waals surface area contributed by atoms with Crippen molar-refractivity contribution in [2.24, 2.45) is 11.8 Å². The smallest absolute Gasteiger partial charge is 0.254 e. The van der Waals surface area contributed by atoms with Crippen LogP contribution in [0.5, 0.6) is 0 Å². The summed E-state index contributed by atoms with van der Waals surface area (Å²) in [4.78, 5) is 21.0. The van der Waals surface area contributed by atoms with Crippen molar-refractivity contribution in [3.63, 3.8) is 0 Å². The summed E-state index contributed by atoms with van der Waals surface area (Å²) in [5, 5.41) is 5.69. The van der Waals surface area contributed by atoms with E-state index in [0.717, 1.165) is 58.7 Å². The molecular formula is C29H32N4O. The number of hydrogen-bond donors (Lipinski definition) is 0. The molecule has 1 fully saturated rings. The minimum Gasteiger partial charge on any atom is -0.338 e. The first kappa shape index (κ1) is 22.3. The lowest BCUT2D eigenvalue weighted by Crippen LogP contribution is -2.42. The van der Waals surface area contributed by atoms with E-state index >= 15 is 0 Å². The fraction of sp³-hybridized carbons (Fsp3) is 0.345. The number of nitrogens with zero attached hydrogens (tertiary/aromatic N) is 4. The Kier molecular flexibility index (Phi) is 5.72. The van der Waals surface area contributed by atoms with Crippen molar-refractivity contribution in [1.29, 1.82) is 0 Å². The summed E-state index contributed by atoms with van der Waals surface area (Å²) in [6, 6.07) is 18.5. The summed E-state index contributed by atoms with van der Waals surface area (Å²) in [5.74, 6) is 1.07. The van der Waals surface area contributed by atoms with E-state index in [0.29, 0.717) is 17.4 Å². The largest absolute Gasteiger partial charge is 0.338 e. The van der Waals surface area contributed by atoms with E-state index in [1.54, 1.807) is 0 Å². The first-order valence-electron chi connectivity index (χ1n) is 12.1. The monoisotopic (exact) mass is 452 g/mol. The van der Waals surface area contributed by atoms with Gasteiger partial charge in [-0.1, -0.05) is 55.8 Å². The van der Waals surface area contributed by atoms with Crippen LogP contribution in [0.15, 0.2) is 54.6 Å². The van der Waals surface area contributed by atoms with Gasteiger partial charge in [0.05, 0.1) is 28.0 Å². The Morgan fingerprint density at radius 3 is 2.29 bits per heavy atom. The Morgan fingerprint density at radius 1 is 0.912 bits per heavy atom. The Labute approximate surface area is 201 Å². The second-order valence-electron chi connectivity index (χ2n) is 10.1. The van der Waals surface area contributed by atoms with E-state index in [2.05, 4.69) is 64.1 Å².